The van der Waals surface area contributed by atoms with Gasteiger partial charge in [-0.2, -0.15) is 8.42 Å². The van der Waals surface area contributed by atoms with Gasteiger partial charge in [0.2, 0.25) is 0 Å². The number of hydrogen-bond acceptors (Lipinski definition) is 2. The zero-order valence-electron chi connectivity index (χ0n) is 3.70. The van der Waals surface area contributed by atoms with Gasteiger partial charge in [0.25, 0.3) is 0 Å². The van der Waals surface area contributed by atoms with E-state index in [-0.39, 0.29) is 27.3 Å². The van der Waals surface area contributed by atoms with Gasteiger partial charge >= 0.3 is 10.4 Å². The Labute approximate surface area is 55.6 Å². The molecule has 0 aliphatic carbocycles. The molecule has 0 aliphatic rings. The van der Waals surface area contributed by atoms with Crippen LogP contribution in [-0.4, -0.2) is 44.8 Å². The van der Waals surface area contributed by atoms with Crippen molar-refractivity contribution in [2.75, 3.05) is 0 Å². The standard InChI is InChI=1S/B.Li.H2O4S/c;;1-5(2,3)4/h;;(H2,1,2,3,4). The molecule has 2 N–H and O–H groups in total. The maximum absolute atomic E-state index is 8.74. The van der Waals surface area contributed by atoms with Gasteiger partial charge in [-0.05, 0) is 0 Å². The van der Waals surface area contributed by atoms with Crippen LogP contribution < -0.4 is 0 Å². The van der Waals surface area contributed by atoms with Gasteiger partial charge < -0.3 is 0 Å². The first-order valence-electron chi connectivity index (χ1n) is 0.698. The van der Waals surface area contributed by atoms with Crippen LogP contribution in [0.1, 0.15) is 0 Å². The summed E-state index contributed by atoms with van der Waals surface area (Å²) in [5, 5.41) is 0. The minimum atomic E-state index is -4.67. The van der Waals surface area contributed by atoms with Crippen molar-refractivity contribution in [2.45, 2.75) is 0 Å². The average Bonchev–Trinajstić information content (AvgIpc) is 0.722. The molecule has 7 heteroatoms. The fourth-order valence-electron chi connectivity index (χ4n) is 0. The molecule has 0 atom stereocenters. The van der Waals surface area contributed by atoms with E-state index in [1.807, 2.05) is 0 Å². The van der Waals surface area contributed by atoms with E-state index in [1.165, 1.54) is 0 Å². The second-order valence-electron chi connectivity index (χ2n) is 0.448. The van der Waals surface area contributed by atoms with Crippen molar-refractivity contribution >= 4 is 37.7 Å². The quantitative estimate of drug-likeness (QED) is 0.301. The molecule has 0 heterocycles. The van der Waals surface area contributed by atoms with Crippen molar-refractivity contribution in [3.63, 3.8) is 0 Å². The van der Waals surface area contributed by atoms with Crippen LogP contribution in [0.25, 0.3) is 0 Å². The predicted octanol–water partition coefficient (Wildman–Crippen LogP) is -1.41. The van der Waals surface area contributed by atoms with Crippen molar-refractivity contribution in [1.82, 2.24) is 0 Å². The van der Waals surface area contributed by atoms with Crippen molar-refractivity contribution in [3.05, 3.63) is 0 Å². The third-order valence-corrected chi connectivity index (χ3v) is 0. The normalized spacial score (nSPS) is 8.29. The molecule has 0 bridgehead atoms. The van der Waals surface area contributed by atoms with Crippen LogP contribution in [0.5, 0.6) is 0 Å². The molecule has 0 fully saturated rings. The van der Waals surface area contributed by atoms with Crippen LogP contribution in [0.4, 0.5) is 0 Å². The molecule has 0 saturated carbocycles. The topological polar surface area (TPSA) is 74.6 Å². The van der Waals surface area contributed by atoms with Crippen molar-refractivity contribution < 1.29 is 17.5 Å². The zero-order chi connectivity index (χ0) is 4.50. The van der Waals surface area contributed by atoms with Crippen LogP contribution in [0.3, 0.4) is 0 Å². The van der Waals surface area contributed by atoms with Gasteiger partial charge in [-0.3, -0.25) is 9.11 Å². The third-order valence-electron chi connectivity index (χ3n) is 0. The summed E-state index contributed by atoms with van der Waals surface area (Å²) in [4.78, 5) is 0. The maximum Gasteiger partial charge on any atom is 0.394 e. The molecule has 0 spiro atoms. The fraction of sp³-hybridized carbons (Fsp3) is 0. The van der Waals surface area contributed by atoms with E-state index in [9.17, 15) is 0 Å². The van der Waals surface area contributed by atoms with Gasteiger partial charge in [-0.1, -0.05) is 0 Å². The van der Waals surface area contributed by atoms with Crippen molar-refractivity contribution in [3.8, 4) is 0 Å². The summed E-state index contributed by atoms with van der Waals surface area (Å²) in [6.45, 7) is 0. The molecule has 7 heavy (non-hydrogen) atoms. The molecular formula is H2BLiO4S. The molecule has 0 amide bonds. The van der Waals surface area contributed by atoms with E-state index in [1.54, 1.807) is 0 Å². The molecule has 36 valence electrons. The van der Waals surface area contributed by atoms with Gasteiger partial charge in [0.15, 0.2) is 0 Å². The molecule has 0 rings (SSSR count). The molecule has 0 aromatic heterocycles. The van der Waals surface area contributed by atoms with Gasteiger partial charge in [-0.15, -0.1) is 0 Å². The summed E-state index contributed by atoms with van der Waals surface area (Å²) in [5.41, 5.74) is 0. The van der Waals surface area contributed by atoms with E-state index in [0.29, 0.717) is 0 Å². The first-order valence-corrected chi connectivity index (χ1v) is 2.10. The van der Waals surface area contributed by atoms with E-state index >= 15 is 0 Å². The Morgan fingerprint density at radius 3 is 1.14 bits per heavy atom. The predicted molar refractivity (Wildman–Crippen MR) is 25.7 cm³/mol. The monoisotopic (exact) mass is 116 g/mol. The Balaban J connectivity index is -0.0000000800. The summed E-state index contributed by atoms with van der Waals surface area (Å²) in [6.07, 6.45) is 0. The smallest absolute Gasteiger partial charge is 0.264 e. The summed E-state index contributed by atoms with van der Waals surface area (Å²) < 4.78 is 31.6. The molecule has 0 unspecified atom stereocenters. The summed E-state index contributed by atoms with van der Waals surface area (Å²) in [7, 11) is -4.67. The number of hydrogen-bond donors (Lipinski definition) is 2. The molecule has 0 aromatic carbocycles. The Bertz CT molecular complexity index is 94.9. The summed E-state index contributed by atoms with van der Waals surface area (Å²) in [6, 6.07) is 0. The summed E-state index contributed by atoms with van der Waals surface area (Å²) in [5.74, 6) is 0. The molecule has 0 aromatic rings. The Hall–Kier alpha value is 0.532. The minimum Gasteiger partial charge on any atom is -0.264 e. The van der Waals surface area contributed by atoms with Crippen LogP contribution in [0, 0.1) is 0 Å². The van der Waals surface area contributed by atoms with E-state index in [2.05, 4.69) is 0 Å². The Morgan fingerprint density at radius 2 is 1.14 bits per heavy atom. The van der Waals surface area contributed by atoms with Gasteiger partial charge in [0.05, 0.1) is 0 Å². The van der Waals surface area contributed by atoms with Gasteiger partial charge in [0.1, 0.15) is 0 Å². The fourth-order valence-corrected chi connectivity index (χ4v) is 0. The second kappa shape index (κ2) is 4.69. The van der Waals surface area contributed by atoms with E-state index in [0.717, 1.165) is 0 Å². The zero-order valence-corrected chi connectivity index (χ0v) is 4.51. The van der Waals surface area contributed by atoms with Crippen molar-refractivity contribution in [1.29, 1.82) is 0 Å². The third kappa shape index (κ3) is 474. The van der Waals surface area contributed by atoms with Crippen molar-refractivity contribution in [2.24, 2.45) is 0 Å². The van der Waals surface area contributed by atoms with E-state index < -0.39 is 10.4 Å². The molecule has 4 nitrogen and oxygen atoms in total. The molecule has 0 saturated heterocycles. The first kappa shape index (κ1) is 15.6. The van der Waals surface area contributed by atoms with E-state index in [4.69, 9.17) is 17.5 Å². The SMILES string of the molecule is O=S(=O)(O)O.[B].[Li]. The molecular weight excluding hydrogens is 114 g/mol. The number of rotatable bonds is 0. The van der Waals surface area contributed by atoms with Crippen LogP contribution in [0.2, 0.25) is 0 Å². The summed E-state index contributed by atoms with van der Waals surface area (Å²) >= 11 is 0. The molecule has 4 radical (unpaired) electrons. The Morgan fingerprint density at radius 1 is 1.14 bits per heavy atom. The van der Waals surface area contributed by atoms with Crippen LogP contribution in [-0.2, 0) is 10.4 Å². The van der Waals surface area contributed by atoms with Gasteiger partial charge in [-0.25, -0.2) is 0 Å². The van der Waals surface area contributed by atoms with Crippen LogP contribution in [0.15, 0.2) is 0 Å². The largest absolute Gasteiger partial charge is 0.394 e. The molecule has 0 aliphatic heterocycles. The Kier molecular flexibility index (Phi) is 10.5. The second-order valence-corrected chi connectivity index (χ2v) is 1.34. The average molecular weight is 116 g/mol. The van der Waals surface area contributed by atoms with Gasteiger partial charge in [0, 0.05) is 27.3 Å². The maximum atomic E-state index is 8.74. The first-order chi connectivity index (χ1) is 2.00. The minimum absolute atomic E-state index is 0. The van der Waals surface area contributed by atoms with Crippen LogP contribution >= 0.6 is 0 Å².